The number of nitrogen functional groups attached to an aromatic ring is 1. The minimum Gasteiger partial charge on any atom is -0.494 e. The van der Waals surface area contributed by atoms with Gasteiger partial charge >= 0.3 is 0 Å². The Morgan fingerprint density at radius 2 is 2.21 bits per heavy atom. The van der Waals surface area contributed by atoms with E-state index in [1.165, 1.54) is 7.11 Å². The summed E-state index contributed by atoms with van der Waals surface area (Å²) in [4.78, 5) is 0. The van der Waals surface area contributed by atoms with Gasteiger partial charge in [0, 0.05) is 17.5 Å². The van der Waals surface area contributed by atoms with E-state index in [0.717, 1.165) is 5.39 Å². The number of nitrogens with zero attached hydrogens (tertiary/aromatic N) is 1. The molecule has 1 heterocycles. The first kappa shape index (κ1) is 8.45. The molecule has 0 aliphatic heterocycles. The Labute approximate surface area is 80.5 Å². The van der Waals surface area contributed by atoms with E-state index in [1.54, 1.807) is 18.2 Å². The minimum atomic E-state index is 0.271. The number of anilines is 1. The third kappa shape index (κ3) is 1.15. The first-order chi connectivity index (χ1) is 6.74. The number of nitrogens with two attached hydrogens (primary N) is 1. The van der Waals surface area contributed by atoms with Crippen molar-refractivity contribution in [1.29, 1.82) is 5.26 Å². The summed E-state index contributed by atoms with van der Waals surface area (Å²) in [7, 11) is 1.53. The lowest BCUT2D eigenvalue weighted by molar-refractivity contribution is 0.416. The van der Waals surface area contributed by atoms with Crippen LogP contribution in [0.3, 0.4) is 0 Å². The van der Waals surface area contributed by atoms with Crippen LogP contribution in [-0.2, 0) is 0 Å². The number of hydrogen-bond donors (Lipinski definition) is 1. The molecule has 0 saturated heterocycles. The number of rotatable bonds is 1. The fraction of sp³-hybridized carbons (Fsp3) is 0.100. The number of furan rings is 1. The van der Waals surface area contributed by atoms with Crippen LogP contribution >= 0.6 is 0 Å². The number of fused-ring (bicyclic) bond motifs is 1. The largest absolute Gasteiger partial charge is 0.494 e. The number of benzene rings is 1. The maximum Gasteiger partial charge on any atom is 0.204 e. The summed E-state index contributed by atoms with van der Waals surface area (Å²) < 4.78 is 10.2. The van der Waals surface area contributed by atoms with E-state index in [4.69, 9.17) is 20.1 Å². The SMILES string of the molecule is COc1cc2oc(C#N)cc2cc1N. The molecule has 4 heteroatoms. The Morgan fingerprint density at radius 3 is 2.86 bits per heavy atom. The number of nitriles is 1. The van der Waals surface area contributed by atoms with Crippen LogP contribution in [0.1, 0.15) is 5.76 Å². The molecule has 0 amide bonds. The second-order valence-electron chi connectivity index (χ2n) is 2.85. The highest BCUT2D eigenvalue weighted by molar-refractivity contribution is 5.85. The third-order valence-corrected chi connectivity index (χ3v) is 1.98. The standard InChI is InChI=1S/C10H8N2O2/c1-13-10-4-9-6(3-8(10)12)2-7(5-11)14-9/h2-4H,12H2,1H3. The molecular formula is C10H8N2O2. The van der Waals surface area contributed by atoms with Crippen molar-refractivity contribution in [2.24, 2.45) is 0 Å². The van der Waals surface area contributed by atoms with Crippen molar-refractivity contribution in [2.75, 3.05) is 12.8 Å². The molecule has 2 N–H and O–H groups in total. The molecular weight excluding hydrogens is 180 g/mol. The van der Waals surface area contributed by atoms with Crippen molar-refractivity contribution in [3.8, 4) is 11.8 Å². The number of ether oxygens (including phenoxy) is 1. The topological polar surface area (TPSA) is 72.2 Å². The van der Waals surface area contributed by atoms with Crippen LogP contribution in [0.15, 0.2) is 22.6 Å². The number of methoxy groups -OCH3 is 1. The molecule has 2 rings (SSSR count). The van der Waals surface area contributed by atoms with E-state index < -0.39 is 0 Å². The highest BCUT2D eigenvalue weighted by atomic mass is 16.5. The first-order valence-corrected chi connectivity index (χ1v) is 4.01. The predicted octanol–water partition coefficient (Wildman–Crippen LogP) is 1.90. The van der Waals surface area contributed by atoms with Gasteiger partial charge in [0.25, 0.3) is 0 Å². The minimum absolute atomic E-state index is 0.271. The summed E-state index contributed by atoms with van der Waals surface area (Å²) in [5, 5.41) is 9.43. The fourth-order valence-corrected chi connectivity index (χ4v) is 1.32. The van der Waals surface area contributed by atoms with Crippen LogP contribution in [0, 0.1) is 11.3 Å². The average Bonchev–Trinajstić information content (AvgIpc) is 2.58. The number of hydrogen-bond acceptors (Lipinski definition) is 4. The van der Waals surface area contributed by atoms with E-state index in [-0.39, 0.29) is 5.76 Å². The summed E-state index contributed by atoms with van der Waals surface area (Å²) in [6.45, 7) is 0. The zero-order valence-corrected chi connectivity index (χ0v) is 7.57. The molecule has 0 aliphatic rings. The molecule has 0 bridgehead atoms. The summed E-state index contributed by atoms with van der Waals surface area (Å²) in [5.41, 5.74) is 6.84. The molecule has 2 aromatic rings. The Hall–Kier alpha value is -2.15. The lowest BCUT2D eigenvalue weighted by Gasteiger charge is -2.02. The van der Waals surface area contributed by atoms with Gasteiger partial charge in [-0.3, -0.25) is 0 Å². The second-order valence-corrected chi connectivity index (χ2v) is 2.85. The molecule has 0 fully saturated rings. The summed E-state index contributed by atoms with van der Waals surface area (Å²) in [6, 6.07) is 6.96. The van der Waals surface area contributed by atoms with Gasteiger partial charge in [0.1, 0.15) is 17.4 Å². The summed E-state index contributed by atoms with van der Waals surface area (Å²) in [6.07, 6.45) is 0. The lowest BCUT2D eigenvalue weighted by Crippen LogP contribution is -1.90. The van der Waals surface area contributed by atoms with Crippen LogP contribution in [0.25, 0.3) is 11.0 Å². The molecule has 4 nitrogen and oxygen atoms in total. The van der Waals surface area contributed by atoms with E-state index in [0.29, 0.717) is 17.0 Å². The molecule has 0 radical (unpaired) electrons. The van der Waals surface area contributed by atoms with Crippen molar-refractivity contribution in [3.63, 3.8) is 0 Å². The van der Waals surface area contributed by atoms with Crippen LogP contribution in [-0.4, -0.2) is 7.11 Å². The van der Waals surface area contributed by atoms with Gasteiger partial charge in [0.05, 0.1) is 12.8 Å². The van der Waals surface area contributed by atoms with Crippen molar-refractivity contribution in [2.45, 2.75) is 0 Å². The molecule has 0 atom stereocenters. The second kappa shape index (κ2) is 2.96. The van der Waals surface area contributed by atoms with Crippen molar-refractivity contribution < 1.29 is 9.15 Å². The van der Waals surface area contributed by atoms with E-state index >= 15 is 0 Å². The third-order valence-electron chi connectivity index (χ3n) is 1.98. The summed E-state index contributed by atoms with van der Waals surface area (Å²) >= 11 is 0. The van der Waals surface area contributed by atoms with Gasteiger partial charge in [0.15, 0.2) is 0 Å². The monoisotopic (exact) mass is 188 g/mol. The zero-order valence-electron chi connectivity index (χ0n) is 7.57. The fourth-order valence-electron chi connectivity index (χ4n) is 1.32. The van der Waals surface area contributed by atoms with E-state index in [2.05, 4.69) is 0 Å². The van der Waals surface area contributed by atoms with Gasteiger partial charge < -0.3 is 14.9 Å². The molecule has 1 aromatic heterocycles. The van der Waals surface area contributed by atoms with Crippen LogP contribution in [0.5, 0.6) is 5.75 Å². The predicted molar refractivity (Wildman–Crippen MR) is 51.9 cm³/mol. The van der Waals surface area contributed by atoms with E-state index in [1.807, 2.05) is 6.07 Å². The van der Waals surface area contributed by atoms with Gasteiger partial charge in [0.2, 0.25) is 5.76 Å². The molecule has 0 aliphatic carbocycles. The Bertz CT molecular complexity index is 523. The summed E-state index contributed by atoms with van der Waals surface area (Å²) in [5.74, 6) is 0.823. The van der Waals surface area contributed by atoms with Gasteiger partial charge in [-0.05, 0) is 6.07 Å². The first-order valence-electron chi connectivity index (χ1n) is 4.01. The Balaban J connectivity index is 2.71. The molecule has 0 saturated carbocycles. The van der Waals surface area contributed by atoms with Gasteiger partial charge in [-0.2, -0.15) is 5.26 Å². The molecule has 1 aromatic carbocycles. The quantitative estimate of drug-likeness (QED) is 0.693. The Morgan fingerprint density at radius 1 is 1.43 bits per heavy atom. The molecule has 0 spiro atoms. The maximum absolute atomic E-state index is 8.63. The van der Waals surface area contributed by atoms with Crippen molar-refractivity contribution >= 4 is 16.7 Å². The van der Waals surface area contributed by atoms with Gasteiger partial charge in [-0.25, -0.2) is 0 Å². The van der Waals surface area contributed by atoms with Crippen molar-refractivity contribution in [3.05, 3.63) is 24.0 Å². The Kier molecular flexibility index (Phi) is 1.79. The van der Waals surface area contributed by atoms with Crippen LogP contribution in [0.2, 0.25) is 0 Å². The molecule has 14 heavy (non-hydrogen) atoms. The van der Waals surface area contributed by atoms with Gasteiger partial charge in [-0.1, -0.05) is 0 Å². The highest BCUT2D eigenvalue weighted by Gasteiger charge is 2.07. The van der Waals surface area contributed by atoms with Crippen LogP contribution < -0.4 is 10.5 Å². The normalized spacial score (nSPS) is 10.0. The average molecular weight is 188 g/mol. The van der Waals surface area contributed by atoms with E-state index in [9.17, 15) is 0 Å². The van der Waals surface area contributed by atoms with Crippen molar-refractivity contribution in [1.82, 2.24) is 0 Å². The van der Waals surface area contributed by atoms with Crippen LogP contribution in [0.4, 0.5) is 5.69 Å². The molecule has 70 valence electrons. The highest BCUT2D eigenvalue weighted by Crippen LogP contribution is 2.29. The maximum atomic E-state index is 8.63. The zero-order chi connectivity index (χ0) is 10.1. The lowest BCUT2D eigenvalue weighted by atomic mass is 10.2. The van der Waals surface area contributed by atoms with Gasteiger partial charge in [-0.15, -0.1) is 0 Å². The molecule has 0 unspecified atom stereocenters. The smallest absolute Gasteiger partial charge is 0.204 e.